The van der Waals surface area contributed by atoms with Crippen LogP contribution in [-0.2, 0) is 0 Å². The van der Waals surface area contributed by atoms with Crippen LogP contribution in [0.15, 0.2) is 16.7 Å². The van der Waals surface area contributed by atoms with E-state index >= 15 is 0 Å². The standard InChI is InChI=1S/C13H18BrN5O/c1-7(2)11-10(14)12(18-17-11)13(20)16-9-5-6-15-19(9)8(3)4/h5-8H,1-4H3,(H,16,20)(H,17,18). The first-order chi connectivity index (χ1) is 9.41. The van der Waals surface area contributed by atoms with Gasteiger partial charge in [-0.15, -0.1) is 0 Å². The van der Waals surface area contributed by atoms with Crippen molar-refractivity contribution in [1.82, 2.24) is 20.0 Å². The van der Waals surface area contributed by atoms with Crippen LogP contribution in [0.3, 0.4) is 0 Å². The molecule has 2 heterocycles. The van der Waals surface area contributed by atoms with Crippen molar-refractivity contribution in [2.45, 2.75) is 39.7 Å². The second-order valence-electron chi connectivity index (χ2n) is 5.16. The molecule has 0 spiro atoms. The highest BCUT2D eigenvalue weighted by atomic mass is 79.9. The minimum atomic E-state index is -0.262. The lowest BCUT2D eigenvalue weighted by Crippen LogP contribution is -2.17. The number of H-pyrrole nitrogens is 1. The summed E-state index contributed by atoms with van der Waals surface area (Å²) in [5, 5.41) is 14.0. The number of aromatic nitrogens is 4. The highest BCUT2D eigenvalue weighted by Gasteiger charge is 2.20. The molecule has 20 heavy (non-hydrogen) atoms. The molecule has 0 saturated carbocycles. The third-order valence-corrected chi connectivity index (χ3v) is 3.73. The van der Waals surface area contributed by atoms with Crippen molar-refractivity contribution >= 4 is 27.7 Å². The Balaban J connectivity index is 2.22. The van der Waals surface area contributed by atoms with E-state index in [1.165, 1.54) is 0 Å². The SMILES string of the molecule is CC(C)c1[nH]nc(C(=O)Nc2ccnn2C(C)C)c1Br. The maximum absolute atomic E-state index is 12.3. The highest BCUT2D eigenvalue weighted by Crippen LogP contribution is 2.26. The molecule has 0 atom stereocenters. The second kappa shape index (κ2) is 5.78. The molecular formula is C13H18BrN5O. The smallest absolute Gasteiger partial charge is 0.278 e. The normalized spacial score (nSPS) is 11.3. The Bertz CT molecular complexity index is 614. The number of nitrogens with one attached hydrogen (secondary N) is 2. The lowest BCUT2D eigenvalue weighted by Gasteiger charge is -2.11. The van der Waals surface area contributed by atoms with E-state index in [4.69, 9.17) is 0 Å². The van der Waals surface area contributed by atoms with E-state index in [1.54, 1.807) is 16.9 Å². The Morgan fingerprint density at radius 1 is 1.40 bits per heavy atom. The Morgan fingerprint density at radius 3 is 2.65 bits per heavy atom. The van der Waals surface area contributed by atoms with Gasteiger partial charge in [-0.25, -0.2) is 4.68 Å². The predicted molar refractivity (Wildman–Crippen MR) is 80.9 cm³/mol. The van der Waals surface area contributed by atoms with Gasteiger partial charge in [-0.2, -0.15) is 10.2 Å². The van der Waals surface area contributed by atoms with Crippen molar-refractivity contribution in [3.05, 3.63) is 28.1 Å². The van der Waals surface area contributed by atoms with E-state index in [1.807, 2.05) is 27.7 Å². The molecule has 0 aliphatic heterocycles. The molecule has 0 radical (unpaired) electrons. The first-order valence-electron chi connectivity index (χ1n) is 6.50. The molecule has 2 N–H and O–H groups in total. The lowest BCUT2D eigenvalue weighted by molar-refractivity contribution is 0.102. The Labute approximate surface area is 126 Å². The number of carbonyl (C=O) groups is 1. The molecule has 0 fully saturated rings. The van der Waals surface area contributed by atoms with Crippen LogP contribution in [0, 0.1) is 0 Å². The molecule has 0 aromatic carbocycles. The Kier molecular flexibility index (Phi) is 4.27. The average Bonchev–Trinajstić information content (AvgIpc) is 2.95. The summed E-state index contributed by atoms with van der Waals surface area (Å²) < 4.78 is 2.46. The average molecular weight is 340 g/mol. The van der Waals surface area contributed by atoms with Crippen LogP contribution in [0.1, 0.15) is 55.8 Å². The van der Waals surface area contributed by atoms with Crippen LogP contribution in [-0.4, -0.2) is 25.9 Å². The summed E-state index contributed by atoms with van der Waals surface area (Å²) in [6, 6.07) is 1.94. The van der Waals surface area contributed by atoms with Crippen LogP contribution in [0.2, 0.25) is 0 Å². The first kappa shape index (κ1) is 14.8. The third-order valence-electron chi connectivity index (χ3n) is 2.93. The van der Waals surface area contributed by atoms with Gasteiger partial charge in [0.15, 0.2) is 5.69 Å². The zero-order valence-corrected chi connectivity index (χ0v) is 13.5. The number of carbonyl (C=O) groups excluding carboxylic acids is 1. The summed E-state index contributed by atoms with van der Waals surface area (Å²) in [5.74, 6) is 0.660. The van der Waals surface area contributed by atoms with Crippen LogP contribution >= 0.6 is 15.9 Å². The monoisotopic (exact) mass is 339 g/mol. The van der Waals surface area contributed by atoms with E-state index in [0.717, 1.165) is 5.69 Å². The van der Waals surface area contributed by atoms with Crippen LogP contribution in [0.25, 0.3) is 0 Å². The zero-order valence-electron chi connectivity index (χ0n) is 11.9. The number of aromatic amines is 1. The maximum Gasteiger partial charge on any atom is 0.278 e. The number of anilines is 1. The molecule has 0 aliphatic carbocycles. The predicted octanol–water partition coefficient (Wildman–Crippen LogP) is 3.33. The highest BCUT2D eigenvalue weighted by molar-refractivity contribution is 9.10. The second-order valence-corrected chi connectivity index (χ2v) is 5.96. The third kappa shape index (κ3) is 2.77. The van der Waals surface area contributed by atoms with Crippen LogP contribution in [0.4, 0.5) is 5.82 Å². The summed E-state index contributed by atoms with van der Waals surface area (Å²) in [4.78, 5) is 12.3. The fourth-order valence-corrected chi connectivity index (χ4v) is 2.69. The lowest BCUT2D eigenvalue weighted by atomic mass is 10.1. The van der Waals surface area contributed by atoms with E-state index < -0.39 is 0 Å². The summed E-state index contributed by atoms with van der Waals surface area (Å²) in [6.07, 6.45) is 1.66. The molecule has 0 bridgehead atoms. The van der Waals surface area contributed by atoms with Gasteiger partial charge in [0.2, 0.25) is 0 Å². The van der Waals surface area contributed by atoms with Crippen molar-refractivity contribution in [3.63, 3.8) is 0 Å². The van der Waals surface area contributed by atoms with Crippen molar-refractivity contribution in [2.24, 2.45) is 0 Å². The largest absolute Gasteiger partial charge is 0.305 e. The molecule has 1 amide bonds. The van der Waals surface area contributed by atoms with E-state index in [2.05, 4.69) is 36.5 Å². The van der Waals surface area contributed by atoms with Gasteiger partial charge in [-0.05, 0) is 35.7 Å². The van der Waals surface area contributed by atoms with Gasteiger partial charge in [0.25, 0.3) is 5.91 Å². The van der Waals surface area contributed by atoms with Crippen molar-refractivity contribution < 1.29 is 4.79 Å². The van der Waals surface area contributed by atoms with Crippen molar-refractivity contribution in [3.8, 4) is 0 Å². The van der Waals surface area contributed by atoms with Crippen molar-refractivity contribution in [2.75, 3.05) is 5.32 Å². The molecule has 108 valence electrons. The molecule has 2 aromatic heterocycles. The van der Waals surface area contributed by atoms with Gasteiger partial charge in [0.05, 0.1) is 16.4 Å². The molecule has 0 saturated heterocycles. The minimum absolute atomic E-state index is 0.175. The van der Waals surface area contributed by atoms with Crippen LogP contribution in [0.5, 0.6) is 0 Å². The first-order valence-corrected chi connectivity index (χ1v) is 7.29. The van der Waals surface area contributed by atoms with Gasteiger partial charge in [0.1, 0.15) is 5.82 Å². The number of nitrogens with zero attached hydrogens (tertiary/aromatic N) is 3. The molecular weight excluding hydrogens is 322 g/mol. The van der Waals surface area contributed by atoms with Crippen molar-refractivity contribution in [1.29, 1.82) is 0 Å². The summed E-state index contributed by atoms with van der Waals surface area (Å²) in [5.41, 5.74) is 1.26. The number of rotatable bonds is 4. The topological polar surface area (TPSA) is 75.6 Å². The molecule has 0 aliphatic rings. The van der Waals surface area contributed by atoms with E-state index in [0.29, 0.717) is 16.0 Å². The Hall–Kier alpha value is -1.63. The van der Waals surface area contributed by atoms with Gasteiger partial charge < -0.3 is 5.32 Å². The summed E-state index contributed by atoms with van der Waals surface area (Å²) in [7, 11) is 0. The number of hydrogen-bond acceptors (Lipinski definition) is 3. The number of halogens is 1. The molecule has 7 heteroatoms. The summed E-state index contributed by atoms with van der Waals surface area (Å²) in [6.45, 7) is 8.08. The molecule has 2 aromatic rings. The van der Waals surface area contributed by atoms with Gasteiger partial charge in [-0.1, -0.05) is 13.8 Å². The molecule has 2 rings (SSSR count). The minimum Gasteiger partial charge on any atom is -0.305 e. The summed E-state index contributed by atoms with van der Waals surface area (Å²) >= 11 is 3.43. The van der Waals surface area contributed by atoms with Crippen LogP contribution < -0.4 is 5.32 Å². The van der Waals surface area contributed by atoms with E-state index in [9.17, 15) is 4.79 Å². The number of hydrogen-bond donors (Lipinski definition) is 2. The molecule has 6 nitrogen and oxygen atoms in total. The fourth-order valence-electron chi connectivity index (χ4n) is 1.88. The fraction of sp³-hybridized carbons (Fsp3) is 0.462. The van der Waals surface area contributed by atoms with Gasteiger partial charge in [-0.3, -0.25) is 9.89 Å². The van der Waals surface area contributed by atoms with Gasteiger partial charge >= 0.3 is 0 Å². The molecule has 0 unspecified atom stereocenters. The maximum atomic E-state index is 12.3. The number of amides is 1. The quantitative estimate of drug-likeness (QED) is 0.896. The zero-order chi connectivity index (χ0) is 14.9. The Morgan fingerprint density at radius 2 is 2.10 bits per heavy atom. The van der Waals surface area contributed by atoms with Gasteiger partial charge in [0, 0.05) is 12.1 Å². The van der Waals surface area contributed by atoms with E-state index in [-0.39, 0.29) is 17.9 Å².